The van der Waals surface area contributed by atoms with E-state index in [0.717, 1.165) is 30.8 Å². The minimum atomic E-state index is 0.0714. The zero-order valence-electron chi connectivity index (χ0n) is 8.47. The van der Waals surface area contributed by atoms with Gasteiger partial charge in [0.2, 0.25) is 5.88 Å². The fourth-order valence-corrected chi connectivity index (χ4v) is 1.68. The van der Waals surface area contributed by atoms with Crippen LogP contribution in [-0.2, 0) is 6.42 Å². The van der Waals surface area contributed by atoms with Crippen LogP contribution in [0.15, 0.2) is 10.5 Å². The summed E-state index contributed by atoms with van der Waals surface area (Å²) in [4.78, 5) is 4.11. The van der Waals surface area contributed by atoms with Crippen molar-refractivity contribution in [3.63, 3.8) is 0 Å². The lowest BCUT2D eigenvalue weighted by Gasteiger charge is -2.06. The van der Waals surface area contributed by atoms with Crippen LogP contribution in [0.2, 0.25) is 0 Å². The Bertz CT molecular complexity index is 315. The molecule has 0 aliphatic rings. The lowest BCUT2D eigenvalue weighted by molar-refractivity contribution is 0.446. The summed E-state index contributed by atoms with van der Waals surface area (Å²) >= 11 is 3.23. The molecule has 14 heavy (non-hydrogen) atoms. The Balaban J connectivity index is 2.72. The van der Waals surface area contributed by atoms with Crippen molar-refractivity contribution in [3.8, 4) is 5.88 Å². The number of pyridine rings is 1. The third-order valence-electron chi connectivity index (χ3n) is 2.04. The molecule has 0 unspecified atom stereocenters. The molecule has 78 valence electrons. The van der Waals surface area contributed by atoms with E-state index < -0.39 is 0 Å². The third-order valence-corrected chi connectivity index (χ3v) is 2.63. The monoisotopic (exact) mass is 258 g/mol. The van der Waals surface area contributed by atoms with E-state index in [0.29, 0.717) is 4.47 Å². The van der Waals surface area contributed by atoms with Crippen LogP contribution in [0.1, 0.15) is 18.2 Å². The number of halogens is 1. The molecule has 0 radical (unpaired) electrons. The van der Waals surface area contributed by atoms with Gasteiger partial charge in [0.1, 0.15) is 0 Å². The maximum Gasteiger partial charge on any atom is 0.225 e. The summed E-state index contributed by atoms with van der Waals surface area (Å²) in [5, 5.41) is 12.6. The highest BCUT2D eigenvalue weighted by Gasteiger charge is 2.05. The van der Waals surface area contributed by atoms with E-state index in [1.807, 2.05) is 13.0 Å². The van der Waals surface area contributed by atoms with Crippen molar-refractivity contribution >= 4 is 15.9 Å². The van der Waals surface area contributed by atoms with Crippen molar-refractivity contribution in [2.24, 2.45) is 0 Å². The number of hydrogen-bond acceptors (Lipinski definition) is 3. The number of hydrogen-bond donors (Lipinski definition) is 2. The normalized spacial score (nSPS) is 10.5. The van der Waals surface area contributed by atoms with Crippen LogP contribution >= 0.6 is 15.9 Å². The highest BCUT2D eigenvalue weighted by Crippen LogP contribution is 2.23. The Kier molecular flexibility index (Phi) is 4.35. The Hall–Kier alpha value is -0.610. The summed E-state index contributed by atoms with van der Waals surface area (Å²) in [6.45, 7) is 5.92. The van der Waals surface area contributed by atoms with Gasteiger partial charge in [-0.2, -0.15) is 0 Å². The van der Waals surface area contributed by atoms with Crippen molar-refractivity contribution in [2.45, 2.75) is 20.3 Å². The van der Waals surface area contributed by atoms with Crippen LogP contribution in [0.5, 0.6) is 5.88 Å². The van der Waals surface area contributed by atoms with Crippen LogP contribution in [0.4, 0.5) is 0 Å². The predicted molar refractivity (Wildman–Crippen MR) is 60.6 cm³/mol. The topological polar surface area (TPSA) is 45.2 Å². The zero-order valence-corrected chi connectivity index (χ0v) is 10.1. The first-order valence-electron chi connectivity index (χ1n) is 4.70. The quantitative estimate of drug-likeness (QED) is 0.813. The molecule has 0 aromatic carbocycles. The van der Waals surface area contributed by atoms with Crippen molar-refractivity contribution in [3.05, 3.63) is 21.8 Å². The molecule has 0 aliphatic heterocycles. The fourth-order valence-electron chi connectivity index (χ4n) is 1.24. The molecule has 0 saturated heterocycles. The molecule has 0 atom stereocenters. The van der Waals surface area contributed by atoms with Gasteiger partial charge < -0.3 is 10.4 Å². The molecule has 1 heterocycles. The van der Waals surface area contributed by atoms with Gasteiger partial charge in [-0.25, -0.2) is 4.98 Å². The van der Waals surface area contributed by atoms with Gasteiger partial charge >= 0.3 is 0 Å². The van der Waals surface area contributed by atoms with Crippen molar-refractivity contribution < 1.29 is 5.11 Å². The van der Waals surface area contributed by atoms with Gasteiger partial charge in [-0.15, -0.1) is 0 Å². The van der Waals surface area contributed by atoms with Gasteiger partial charge in [0.05, 0.1) is 4.47 Å². The van der Waals surface area contributed by atoms with Gasteiger partial charge in [0.15, 0.2) is 0 Å². The summed E-state index contributed by atoms with van der Waals surface area (Å²) in [6, 6.07) is 1.89. The van der Waals surface area contributed by atoms with E-state index in [4.69, 9.17) is 0 Å². The number of likely N-dealkylation sites (N-methyl/N-ethyl adjacent to an activating group) is 1. The van der Waals surface area contributed by atoms with Crippen LogP contribution in [0, 0.1) is 6.92 Å². The molecular formula is C10H15BrN2O. The summed E-state index contributed by atoms with van der Waals surface area (Å²) < 4.78 is 0.655. The number of nitrogens with one attached hydrogen (secondary N) is 1. The molecule has 3 nitrogen and oxygen atoms in total. The molecule has 0 fully saturated rings. The minimum Gasteiger partial charge on any atom is -0.492 e. The second kappa shape index (κ2) is 5.32. The molecule has 4 heteroatoms. The Morgan fingerprint density at radius 1 is 1.57 bits per heavy atom. The second-order valence-corrected chi connectivity index (χ2v) is 4.02. The molecule has 2 N–H and O–H groups in total. The molecule has 0 amide bonds. The summed E-state index contributed by atoms with van der Waals surface area (Å²) in [7, 11) is 0. The van der Waals surface area contributed by atoms with E-state index in [-0.39, 0.29) is 5.88 Å². The zero-order chi connectivity index (χ0) is 10.6. The highest BCUT2D eigenvalue weighted by atomic mass is 79.9. The molecule has 1 rings (SSSR count). The molecular weight excluding hydrogens is 244 g/mol. The first-order valence-corrected chi connectivity index (χ1v) is 5.50. The number of nitrogens with zero attached hydrogens (tertiary/aromatic N) is 1. The average molecular weight is 259 g/mol. The Morgan fingerprint density at radius 3 is 2.93 bits per heavy atom. The van der Waals surface area contributed by atoms with Gasteiger partial charge in [0.25, 0.3) is 0 Å². The van der Waals surface area contributed by atoms with E-state index in [1.165, 1.54) is 0 Å². The summed E-state index contributed by atoms with van der Waals surface area (Å²) in [5.41, 5.74) is 2.05. The SMILES string of the molecule is CCNCCc1nc(O)c(Br)cc1C. The lowest BCUT2D eigenvalue weighted by atomic mass is 10.1. The lowest BCUT2D eigenvalue weighted by Crippen LogP contribution is -2.17. The Morgan fingerprint density at radius 2 is 2.29 bits per heavy atom. The van der Waals surface area contributed by atoms with E-state index in [1.54, 1.807) is 0 Å². The average Bonchev–Trinajstić information content (AvgIpc) is 2.14. The van der Waals surface area contributed by atoms with Crippen molar-refractivity contribution in [2.75, 3.05) is 13.1 Å². The molecule has 1 aromatic rings. The second-order valence-electron chi connectivity index (χ2n) is 3.16. The molecule has 0 bridgehead atoms. The molecule has 0 aliphatic carbocycles. The van der Waals surface area contributed by atoms with Gasteiger partial charge in [-0.1, -0.05) is 6.92 Å². The largest absolute Gasteiger partial charge is 0.492 e. The first-order chi connectivity index (χ1) is 6.65. The standard InChI is InChI=1S/C10H15BrN2O/c1-3-12-5-4-9-7(2)6-8(11)10(14)13-9/h6,12H,3-5H2,1-2H3,(H,13,14). The third kappa shape index (κ3) is 2.96. The van der Waals surface area contributed by atoms with Gasteiger partial charge in [-0.05, 0) is 41.0 Å². The number of rotatable bonds is 4. The van der Waals surface area contributed by atoms with Crippen LogP contribution in [-0.4, -0.2) is 23.2 Å². The molecule has 0 saturated carbocycles. The maximum absolute atomic E-state index is 9.40. The summed E-state index contributed by atoms with van der Waals surface area (Å²) in [5.74, 6) is 0.0714. The van der Waals surface area contributed by atoms with Crippen LogP contribution in [0.3, 0.4) is 0 Å². The van der Waals surface area contributed by atoms with Crippen molar-refractivity contribution in [1.29, 1.82) is 0 Å². The first kappa shape index (κ1) is 11.5. The van der Waals surface area contributed by atoms with E-state index in [9.17, 15) is 5.11 Å². The fraction of sp³-hybridized carbons (Fsp3) is 0.500. The minimum absolute atomic E-state index is 0.0714. The summed E-state index contributed by atoms with van der Waals surface area (Å²) in [6.07, 6.45) is 0.848. The van der Waals surface area contributed by atoms with Crippen LogP contribution < -0.4 is 5.32 Å². The number of aromatic hydroxyl groups is 1. The molecule has 1 aromatic heterocycles. The number of aryl methyl sites for hydroxylation is 1. The van der Waals surface area contributed by atoms with Crippen molar-refractivity contribution in [1.82, 2.24) is 10.3 Å². The maximum atomic E-state index is 9.40. The number of aromatic nitrogens is 1. The van der Waals surface area contributed by atoms with Gasteiger partial charge in [0, 0.05) is 18.7 Å². The highest BCUT2D eigenvalue weighted by molar-refractivity contribution is 9.10. The Labute approximate surface area is 92.7 Å². The van der Waals surface area contributed by atoms with E-state index >= 15 is 0 Å². The van der Waals surface area contributed by atoms with Gasteiger partial charge in [-0.3, -0.25) is 0 Å². The smallest absolute Gasteiger partial charge is 0.225 e. The van der Waals surface area contributed by atoms with Crippen LogP contribution in [0.25, 0.3) is 0 Å². The predicted octanol–water partition coefficient (Wildman–Crippen LogP) is 2.01. The van der Waals surface area contributed by atoms with E-state index in [2.05, 4.69) is 33.2 Å². The molecule has 0 spiro atoms.